The van der Waals surface area contributed by atoms with Crippen LogP contribution < -0.4 is 16.4 Å². The molecule has 0 unspecified atom stereocenters. The fourth-order valence-electron chi connectivity index (χ4n) is 3.25. The Morgan fingerprint density at radius 2 is 1.94 bits per heavy atom. The monoisotopic (exact) mass is 494 g/mol. The number of aromatic nitrogens is 3. The van der Waals surface area contributed by atoms with Crippen LogP contribution in [0.5, 0.6) is 0 Å². The first-order valence-corrected chi connectivity index (χ1v) is 10.5. The summed E-state index contributed by atoms with van der Waals surface area (Å²) in [6.07, 6.45) is -3.89. The number of halogens is 4. The molecule has 0 saturated heterocycles. The summed E-state index contributed by atoms with van der Waals surface area (Å²) < 4.78 is 40.9. The van der Waals surface area contributed by atoms with E-state index < -0.39 is 30.1 Å². The van der Waals surface area contributed by atoms with Crippen LogP contribution in [0, 0.1) is 6.92 Å². The number of hydrogen-bond donors (Lipinski definition) is 3. The second-order valence-electron chi connectivity index (χ2n) is 7.85. The third kappa shape index (κ3) is 5.66. The standard InChI is InChI=1S/C22H22ClF3N6O2/c1-11(2)29-21(34)15-8-13(27)7-12(3)19(15)30-18(33)10-14-9-17(22(24,25)26)31-32(14)20-16(23)5-4-6-28-20/h4-9,11H,10,27H2,1-3H3,(H,29,34)(H,30,33). The maximum Gasteiger partial charge on any atom is 0.435 e. The van der Waals surface area contributed by atoms with Gasteiger partial charge >= 0.3 is 6.18 Å². The molecule has 3 rings (SSSR count). The van der Waals surface area contributed by atoms with Crippen molar-refractivity contribution in [2.45, 2.75) is 39.4 Å². The van der Waals surface area contributed by atoms with Gasteiger partial charge in [0.1, 0.15) is 0 Å². The van der Waals surface area contributed by atoms with Crippen LogP contribution in [0.15, 0.2) is 36.5 Å². The molecule has 2 heterocycles. The highest BCUT2D eigenvalue weighted by molar-refractivity contribution is 6.32. The fourth-order valence-corrected chi connectivity index (χ4v) is 3.45. The van der Waals surface area contributed by atoms with E-state index in [-0.39, 0.29) is 33.8 Å². The van der Waals surface area contributed by atoms with Crippen molar-refractivity contribution in [3.63, 3.8) is 0 Å². The summed E-state index contributed by atoms with van der Waals surface area (Å²) in [6.45, 7) is 5.20. The van der Waals surface area contributed by atoms with Gasteiger partial charge in [-0.1, -0.05) is 11.6 Å². The van der Waals surface area contributed by atoms with Gasteiger partial charge in [0.05, 0.1) is 28.4 Å². The molecule has 0 spiro atoms. The van der Waals surface area contributed by atoms with Gasteiger partial charge in [-0.15, -0.1) is 0 Å². The maximum absolute atomic E-state index is 13.3. The number of rotatable bonds is 6. The summed E-state index contributed by atoms with van der Waals surface area (Å²) >= 11 is 6.09. The normalized spacial score (nSPS) is 11.5. The molecule has 0 saturated carbocycles. The molecule has 34 heavy (non-hydrogen) atoms. The number of carbonyl (C=O) groups excluding carboxylic acids is 2. The van der Waals surface area contributed by atoms with Crippen LogP contribution in [0.2, 0.25) is 5.02 Å². The number of pyridine rings is 1. The lowest BCUT2D eigenvalue weighted by Gasteiger charge is -2.16. The first-order valence-electron chi connectivity index (χ1n) is 10.1. The number of benzene rings is 1. The van der Waals surface area contributed by atoms with Gasteiger partial charge in [-0.05, 0) is 56.7 Å². The Bertz CT molecular complexity index is 1240. The minimum Gasteiger partial charge on any atom is -0.399 e. The number of amides is 2. The molecule has 0 aliphatic rings. The van der Waals surface area contributed by atoms with Crippen molar-refractivity contribution in [1.29, 1.82) is 0 Å². The smallest absolute Gasteiger partial charge is 0.399 e. The zero-order valence-corrected chi connectivity index (χ0v) is 19.3. The zero-order chi connectivity index (χ0) is 25.2. The first kappa shape index (κ1) is 25.0. The van der Waals surface area contributed by atoms with Crippen molar-refractivity contribution in [3.05, 3.63) is 64.1 Å². The van der Waals surface area contributed by atoms with E-state index in [1.807, 2.05) is 0 Å². The highest BCUT2D eigenvalue weighted by atomic mass is 35.5. The average molecular weight is 495 g/mol. The Kier molecular flexibility index (Phi) is 7.15. The average Bonchev–Trinajstić information content (AvgIpc) is 3.13. The van der Waals surface area contributed by atoms with E-state index in [2.05, 4.69) is 20.7 Å². The van der Waals surface area contributed by atoms with Gasteiger partial charge in [0.2, 0.25) is 5.91 Å². The highest BCUT2D eigenvalue weighted by Crippen LogP contribution is 2.31. The Morgan fingerprint density at radius 3 is 2.56 bits per heavy atom. The molecule has 1 aromatic carbocycles. The van der Waals surface area contributed by atoms with Crippen molar-refractivity contribution in [2.24, 2.45) is 0 Å². The van der Waals surface area contributed by atoms with Crippen LogP contribution >= 0.6 is 11.6 Å². The number of carbonyl (C=O) groups is 2. The van der Waals surface area contributed by atoms with Gasteiger partial charge in [0, 0.05) is 17.9 Å². The molecule has 2 amide bonds. The van der Waals surface area contributed by atoms with Crippen molar-refractivity contribution < 1.29 is 22.8 Å². The van der Waals surface area contributed by atoms with E-state index in [1.54, 1.807) is 26.8 Å². The number of anilines is 2. The molecule has 4 N–H and O–H groups in total. The molecule has 2 aromatic heterocycles. The summed E-state index contributed by atoms with van der Waals surface area (Å²) in [5.41, 5.74) is 5.75. The molecule has 8 nitrogen and oxygen atoms in total. The zero-order valence-electron chi connectivity index (χ0n) is 18.5. The molecule has 0 bridgehead atoms. The van der Waals surface area contributed by atoms with E-state index in [0.717, 1.165) is 10.7 Å². The van der Waals surface area contributed by atoms with Gasteiger partial charge < -0.3 is 16.4 Å². The summed E-state index contributed by atoms with van der Waals surface area (Å²) in [5, 5.41) is 8.97. The van der Waals surface area contributed by atoms with E-state index in [4.69, 9.17) is 17.3 Å². The summed E-state index contributed by atoms with van der Waals surface area (Å²) in [5.74, 6) is -1.18. The number of nitrogens with zero attached hydrogens (tertiary/aromatic N) is 3. The van der Waals surface area contributed by atoms with Crippen LogP contribution in [0.1, 0.15) is 41.2 Å². The number of nitrogens with two attached hydrogens (primary N) is 1. The van der Waals surface area contributed by atoms with Crippen LogP contribution in [0.25, 0.3) is 5.82 Å². The van der Waals surface area contributed by atoms with Crippen LogP contribution in [-0.2, 0) is 17.4 Å². The van der Waals surface area contributed by atoms with Gasteiger partial charge in [-0.2, -0.15) is 18.3 Å². The van der Waals surface area contributed by atoms with Gasteiger partial charge in [0.15, 0.2) is 11.5 Å². The molecular formula is C22H22ClF3N6O2. The lowest BCUT2D eigenvalue weighted by molar-refractivity contribution is -0.141. The minimum atomic E-state index is -4.74. The second-order valence-corrected chi connectivity index (χ2v) is 8.26. The number of hydrogen-bond acceptors (Lipinski definition) is 5. The fraction of sp³-hybridized carbons (Fsp3) is 0.273. The Morgan fingerprint density at radius 1 is 1.24 bits per heavy atom. The molecule has 0 atom stereocenters. The number of nitrogens with one attached hydrogen (secondary N) is 2. The van der Waals surface area contributed by atoms with Crippen molar-refractivity contribution in [1.82, 2.24) is 20.1 Å². The molecular weight excluding hydrogens is 473 g/mol. The van der Waals surface area contributed by atoms with Crippen LogP contribution in [-0.4, -0.2) is 32.6 Å². The highest BCUT2D eigenvalue weighted by Gasteiger charge is 2.35. The van der Waals surface area contributed by atoms with Gasteiger partial charge in [-0.3, -0.25) is 9.59 Å². The van der Waals surface area contributed by atoms with Crippen LogP contribution in [0.3, 0.4) is 0 Å². The summed E-state index contributed by atoms with van der Waals surface area (Å²) in [7, 11) is 0. The predicted molar refractivity (Wildman–Crippen MR) is 122 cm³/mol. The lowest BCUT2D eigenvalue weighted by atomic mass is 10.0. The number of aryl methyl sites for hydroxylation is 1. The van der Waals surface area contributed by atoms with E-state index in [1.165, 1.54) is 24.4 Å². The first-order chi connectivity index (χ1) is 15.9. The van der Waals surface area contributed by atoms with E-state index in [9.17, 15) is 22.8 Å². The molecule has 0 aliphatic carbocycles. The van der Waals surface area contributed by atoms with Gasteiger partial charge in [-0.25, -0.2) is 9.67 Å². The number of alkyl halides is 3. The third-order valence-electron chi connectivity index (χ3n) is 4.64. The topological polar surface area (TPSA) is 115 Å². The van der Waals surface area contributed by atoms with Crippen molar-refractivity contribution in [3.8, 4) is 5.82 Å². The van der Waals surface area contributed by atoms with Crippen LogP contribution in [0.4, 0.5) is 24.5 Å². The SMILES string of the molecule is Cc1cc(N)cc(C(=O)NC(C)C)c1NC(=O)Cc1cc(C(F)(F)F)nn1-c1ncccc1Cl. The van der Waals surface area contributed by atoms with Crippen molar-refractivity contribution in [2.75, 3.05) is 11.1 Å². The summed E-state index contributed by atoms with van der Waals surface area (Å²) in [6, 6.07) is 6.53. The summed E-state index contributed by atoms with van der Waals surface area (Å²) in [4.78, 5) is 29.5. The predicted octanol–water partition coefficient (Wildman–Crippen LogP) is 4.15. The molecule has 0 aliphatic heterocycles. The Balaban J connectivity index is 1.97. The lowest BCUT2D eigenvalue weighted by Crippen LogP contribution is -2.31. The molecule has 3 aromatic rings. The largest absolute Gasteiger partial charge is 0.435 e. The Labute approximate surface area is 198 Å². The molecule has 0 fully saturated rings. The number of nitrogen functional groups attached to an aromatic ring is 1. The van der Waals surface area contributed by atoms with E-state index >= 15 is 0 Å². The minimum absolute atomic E-state index is 0.0527. The maximum atomic E-state index is 13.3. The van der Waals surface area contributed by atoms with Crippen molar-refractivity contribution >= 4 is 34.8 Å². The molecule has 180 valence electrons. The quantitative estimate of drug-likeness (QED) is 0.445. The third-order valence-corrected chi connectivity index (χ3v) is 4.94. The molecule has 12 heteroatoms. The van der Waals surface area contributed by atoms with E-state index in [0.29, 0.717) is 11.3 Å². The second kappa shape index (κ2) is 9.72. The van der Waals surface area contributed by atoms with Gasteiger partial charge in [0.25, 0.3) is 5.91 Å². The Hall–Kier alpha value is -3.60. The molecule has 0 radical (unpaired) electrons.